The number of benzene rings is 1. The molecule has 0 heterocycles. The van der Waals surface area contributed by atoms with Gasteiger partial charge in [0.25, 0.3) is 5.69 Å². The lowest BCUT2D eigenvalue weighted by atomic mass is 10.3. The Kier molecular flexibility index (Phi) is 4.92. The van der Waals surface area contributed by atoms with Crippen LogP contribution in [0, 0.1) is 15.9 Å². The van der Waals surface area contributed by atoms with Gasteiger partial charge in [0.2, 0.25) is 10.0 Å². The van der Waals surface area contributed by atoms with Crippen LogP contribution < -0.4 is 5.32 Å². The molecule has 0 aliphatic heterocycles. The van der Waals surface area contributed by atoms with E-state index in [2.05, 4.69) is 5.32 Å². The zero-order valence-corrected chi connectivity index (χ0v) is 11.3. The van der Waals surface area contributed by atoms with Crippen molar-refractivity contribution in [2.45, 2.75) is 4.90 Å². The fourth-order valence-corrected chi connectivity index (χ4v) is 2.61. The topological polar surface area (TPSA) is 92.6 Å². The summed E-state index contributed by atoms with van der Waals surface area (Å²) in [5, 5.41) is 13.4. The smallest absolute Gasteiger partial charge is 0.270 e. The van der Waals surface area contributed by atoms with Crippen molar-refractivity contribution < 1.29 is 17.7 Å². The first-order chi connectivity index (χ1) is 8.80. The van der Waals surface area contributed by atoms with Crippen molar-refractivity contribution in [1.82, 2.24) is 9.62 Å². The second-order valence-electron chi connectivity index (χ2n) is 3.80. The lowest BCUT2D eigenvalue weighted by molar-refractivity contribution is -0.385. The molecule has 0 saturated carbocycles. The third-order valence-electron chi connectivity index (χ3n) is 2.49. The third-order valence-corrected chi connectivity index (χ3v) is 4.36. The molecule has 0 unspecified atom stereocenters. The van der Waals surface area contributed by atoms with Crippen LogP contribution in [0.5, 0.6) is 0 Å². The molecule has 0 aromatic heterocycles. The molecular weight excluding hydrogens is 277 g/mol. The van der Waals surface area contributed by atoms with E-state index in [0.717, 1.165) is 22.5 Å². The van der Waals surface area contributed by atoms with Gasteiger partial charge >= 0.3 is 0 Å². The maximum Gasteiger partial charge on any atom is 0.270 e. The predicted molar refractivity (Wildman–Crippen MR) is 66.8 cm³/mol. The van der Waals surface area contributed by atoms with Gasteiger partial charge in [0.1, 0.15) is 10.7 Å². The van der Waals surface area contributed by atoms with Gasteiger partial charge < -0.3 is 5.32 Å². The van der Waals surface area contributed by atoms with Crippen LogP contribution in [0.2, 0.25) is 0 Å². The third kappa shape index (κ3) is 3.46. The minimum atomic E-state index is -4.08. The molecule has 19 heavy (non-hydrogen) atoms. The predicted octanol–water partition coefficient (Wildman–Crippen LogP) is 0.574. The molecule has 0 atom stereocenters. The number of halogens is 1. The van der Waals surface area contributed by atoms with Crippen molar-refractivity contribution in [3.8, 4) is 0 Å². The second kappa shape index (κ2) is 6.04. The highest BCUT2D eigenvalue weighted by Gasteiger charge is 2.26. The first-order valence-electron chi connectivity index (χ1n) is 5.35. The van der Waals surface area contributed by atoms with E-state index in [4.69, 9.17) is 0 Å². The standard InChI is InChI=1S/C10H14FN3O4S/c1-12-5-6-13(2)19(17,18)10-7-8(14(15)16)3-4-9(10)11/h3-4,7,12H,5-6H2,1-2H3. The molecule has 9 heteroatoms. The Morgan fingerprint density at radius 1 is 1.47 bits per heavy atom. The minimum absolute atomic E-state index is 0.126. The number of non-ortho nitro benzene ring substituents is 1. The highest BCUT2D eigenvalue weighted by atomic mass is 32.2. The van der Waals surface area contributed by atoms with Crippen molar-refractivity contribution >= 4 is 15.7 Å². The Labute approximate surface area is 110 Å². The number of rotatable bonds is 6. The van der Waals surface area contributed by atoms with Gasteiger partial charge in [-0.25, -0.2) is 12.8 Å². The highest BCUT2D eigenvalue weighted by Crippen LogP contribution is 2.23. The van der Waals surface area contributed by atoms with E-state index in [1.807, 2.05) is 0 Å². The lowest BCUT2D eigenvalue weighted by Gasteiger charge is -2.17. The maximum absolute atomic E-state index is 13.6. The fraction of sp³-hybridized carbons (Fsp3) is 0.400. The molecule has 0 aliphatic rings. The van der Waals surface area contributed by atoms with E-state index >= 15 is 0 Å². The van der Waals surface area contributed by atoms with Crippen LogP contribution in [0.4, 0.5) is 10.1 Å². The van der Waals surface area contributed by atoms with Crippen molar-refractivity contribution in [3.05, 3.63) is 34.1 Å². The van der Waals surface area contributed by atoms with Gasteiger partial charge in [-0.3, -0.25) is 10.1 Å². The maximum atomic E-state index is 13.6. The number of likely N-dealkylation sites (N-methyl/N-ethyl adjacent to an activating group) is 2. The van der Waals surface area contributed by atoms with Crippen molar-refractivity contribution in [2.75, 3.05) is 27.2 Å². The summed E-state index contributed by atoms with van der Waals surface area (Å²) < 4.78 is 38.6. The average Bonchev–Trinajstić information content (AvgIpc) is 2.35. The van der Waals surface area contributed by atoms with Gasteiger partial charge in [-0.15, -0.1) is 0 Å². The minimum Gasteiger partial charge on any atom is -0.318 e. The van der Waals surface area contributed by atoms with Crippen molar-refractivity contribution in [2.24, 2.45) is 0 Å². The molecule has 0 amide bonds. The summed E-state index contributed by atoms with van der Waals surface area (Å²) in [7, 11) is -1.15. The molecule has 0 fully saturated rings. The summed E-state index contributed by atoms with van der Waals surface area (Å²) in [6, 6.07) is 2.42. The van der Waals surface area contributed by atoms with Crippen LogP contribution in [0.3, 0.4) is 0 Å². The van der Waals surface area contributed by atoms with Gasteiger partial charge in [-0.1, -0.05) is 0 Å². The quantitative estimate of drug-likeness (QED) is 0.611. The lowest BCUT2D eigenvalue weighted by Crippen LogP contribution is -2.33. The molecular formula is C10H14FN3O4S. The van der Waals surface area contributed by atoms with Crippen LogP contribution in [0.1, 0.15) is 0 Å². The van der Waals surface area contributed by atoms with Crippen LogP contribution in [-0.2, 0) is 10.0 Å². The van der Waals surface area contributed by atoms with Gasteiger partial charge in [-0.05, 0) is 13.1 Å². The molecule has 0 aliphatic carbocycles. The number of nitro benzene ring substituents is 1. The summed E-state index contributed by atoms with van der Waals surface area (Å²) >= 11 is 0. The number of hydrogen-bond acceptors (Lipinski definition) is 5. The first-order valence-corrected chi connectivity index (χ1v) is 6.79. The molecule has 0 radical (unpaired) electrons. The largest absolute Gasteiger partial charge is 0.318 e. The van der Waals surface area contributed by atoms with Crippen LogP contribution in [0.25, 0.3) is 0 Å². The number of nitro groups is 1. The molecule has 106 valence electrons. The Morgan fingerprint density at radius 2 is 2.11 bits per heavy atom. The summed E-state index contributed by atoms with van der Waals surface area (Å²) in [6.45, 7) is 0.507. The second-order valence-corrected chi connectivity index (χ2v) is 5.82. The van der Waals surface area contributed by atoms with Crippen molar-refractivity contribution in [1.29, 1.82) is 0 Å². The van der Waals surface area contributed by atoms with E-state index < -0.39 is 31.3 Å². The summed E-state index contributed by atoms with van der Waals surface area (Å²) in [4.78, 5) is 9.13. The monoisotopic (exact) mass is 291 g/mol. The molecule has 0 bridgehead atoms. The number of nitrogens with zero attached hydrogens (tertiary/aromatic N) is 2. The van der Waals surface area contributed by atoms with Crippen LogP contribution in [-0.4, -0.2) is 44.8 Å². The molecule has 1 aromatic carbocycles. The van der Waals surface area contributed by atoms with E-state index in [9.17, 15) is 22.9 Å². The molecule has 0 saturated heterocycles. The summed E-state index contributed by atoms with van der Waals surface area (Å²) in [5.41, 5.74) is -0.470. The molecule has 0 spiro atoms. The van der Waals surface area contributed by atoms with Crippen LogP contribution in [0.15, 0.2) is 23.1 Å². The number of sulfonamides is 1. The zero-order valence-electron chi connectivity index (χ0n) is 10.5. The molecule has 1 aromatic rings. The first kappa shape index (κ1) is 15.5. The van der Waals surface area contributed by atoms with E-state index in [1.165, 1.54) is 7.05 Å². The SMILES string of the molecule is CNCCN(C)S(=O)(=O)c1cc([N+](=O)[O-])ccc1F. The van der Waals surface area contributed by atoms with E-state index in [0.29, 0.717) is 6.54 Å². The molecule has 7 nitrogen and oxygen atoms in total. The van der Waals surface area contributed by atoms with Gasteiger partial charge in [-0.2, -0.15) is 4.31 Å². The van der Waals surface area contributed by atoms with E-state index in [1.54, 1.807) is 7.05 Å². The van der Waals surface area contributed by atoms with Crippen LogP contribution >= 0.6 is 0 Å². The van der Waals surface area contributed by atoms with Gasteiger partial charge in [0, 0.05) is 32.3 Å². The van der Waals surface area contributed by atoms with Gasteiger partial charge in [0.05, 0.1) is 4.92 Å². The average molecular weight is 291 g/mol. The Balaban J connectivity index is 3.20. The molecule has 1 rings (SSSR count). The zero-order chi connectivity index (χ0) is 14.6. The number of hydrogen-bond donors (Lipinski definition) is 1. The Bertz CT molecular complexity index is 576. The Morgan fingerprint density at radius 3 is 2.63 bits per heavy atom. The molecule has 1 N–H and O–H groups in total. The Hall–Kier alpha value is -1.58. The van der Waals surface area contributed by atoms with Crippen molar-refractivity contribution in [3.63, 3.8) is 0 Å². The summed E-state index contributed by atoms with van der Waals surface area (Å²) in [6.07, 6.45) is 0. The van der Waals surface area contributed by atoms with Gasteiger partial charge in [0.15, 0.2) is 0 Å². The fourth-order valence-electron chi connectivity index (χ4n) is 1.36. The number of nitrogens with one attached hydrogen (secondary N) is 1. The van der Waals surface area contributed by atoms with E-state index in [-0.39, 0.29) is 6.54 Å². The normalized spacial score (nSPS) is 11.8. The summed E-state index contributed by atoms with van der Waals surface area (Å²) in [5.74, 6) is -1.01. The highest BCUT2D eigenvalue weighted by molar-refractivity contribution is 7.89.